The molecule has 0 aliphatic carbocycles. The highest BCUT2D eigenvalue weighted by molar-refractivity contribution is 5.88. The summed E-state index contributed by atoms with van der Waals surface area (Å²) in [6.45, 7) is 3.45. The summed E-state index contributed by atoms with van der Waals surface area (Å²) in [6, 6.07) is 14.7. The van der Waals surface area contributed by atoms with Crippen LogP contribution in [-0.2, 0) is 16.1 Å². The molecule has 2 heterocycles. The van der Waals surface area contributed by atoms with Gasteiger partial charge in [0.2, 0.25) is 11.8 Å². The molecule has 2 atom stereocenters. The van der Waals surface area contributed by atoms with Crippen molar-refractivity contribution in [3.63, 3.8) is 0 Å². The van der Waals surface area contributed by atoms with Gasteiger partial charge in [-0.2, -0.15) is 0 Å². The van der Waals surface area contributed by atoms with Gasteiger partial charge in [0.05, 0.1) is 5.54 Å². The average Bonchev–Trinajstić information content (AvgIpc) is 3.00. The predicted molar refractivity (Wildman–Crippen MR) is 110 cm³/mol. The maximum Gasteiger partial charge on any atom is 0.221 e. The number of rotatable bonds is 4. The van der Waals surface area contributed by atoms with Gasteiger partial charge < -0.3 is 10.6 Å². The summed E-state index contributed by atoms with van der Waals surface area (Å²) >= 11 is 0. The van der Waals surface area contributed by atoms with Crippen LogP contribution in [0.25, 0.3) is 0 Å². The fraction of sp³-hybridized carbons (Fsp3) is 0.391. The molecule has 0 unspecified atom stereocenters. The third-order valence-electron chi connectivity index (χ3n) is 6.01. The van der Waals surface area contributed by atoms with Gasteiger partial charge in [-0.05, 0) is 36.6 Å². The Morgan fingerprint density at radius 3 is 2.69 bits per heavy atom. The van der Waals surface area contributed by atoms with Crippen molar-refractivity contribution >= 4 is 17.5 Å². The summed E-state index contributed by atoms with van der Waals surface area (Å²) in [5.41, 5.74) is 2.21. The zero-order valence-electron chi connectivity index (χ0n) is 16.6. The van der Waals surface area contributed by atoms with E-state index in [4.69, 9.17) is 0 Å². The Balaban J connectivity index is 1.60. The van der Waals surface area contributed by atoms with E-state index in [0.717, 1.165) is 30.6 Å². The molecule has 2 N–H and O–H groups in total. The van der Waals surface area contributed by atoms with Crippen molar-refractivity contribution in [2.24, 2.45) is 0 Å². The quantitative estimate of drug-likeness (QED) is 0.834. The zero-order chi connectivity index (χ0) is 20.4. The first-order valence-electron chi connectivity index (χ1n) is 10.1. The highest BCUT2D eigenvalue weighted by Gasteiger charge is 2.49. The number of hydrogen-bond donors (Lipinski definition) is 2. The van der Waals surface area contributed by atoms with Crippen molar-refractivity contribution in [3.8, 4) is 0 Å². The summed E-state index contributed by atoms with van der Waals surface area (Å²) in [4.78, 5) is 25.8. The van der Waals surface area contributed by atoms with Crippen molar-refractivity contribution in [1.82, 2.24) is 10.2 Å². The topological polar surface area (TPSA) is 61.4 Å². The number of nitrogens with one attached hydrogen (secondary N) is 2. The van der Waals surface area contributed by atoms with E-state index < -0.39 is 0 Å². The number of likely N-dealkylation sites (tertiary alicyclic amines) is 1. The van der Waals surface area contributed by atoms with E-state index in [-0.39, 0.29) is 29.1 Å². The monoisotopic (exact) mass is 395 g/mol. The maximum absolute atomic E-state index is 14.2. The molecule has 152 valence electrons. The Kier molecular flexibility index (Phi) is 5.37. The number of halogens is 1. The van der Waals surface area contributed by atoms with Crippen LogP contribution in [0, 0.1) is 5.82 Å². The fourth-order valence-corrected chi connectivity index (χ4v) is 4.77. The van der Waals surface area contributed by atoms with Crippen LogP contribution in [0.3, 0.4) is 0 Å². The standard InChI is InChI=1S/C23H26FN3O2/c1-16(28)25-19-10-8-17(9-11-19)20-14-27(13-18-5-2-3-6-21(18)24)15-23(20)12-4-7-22(29)26-23/h2-3,5-6,8-11,20H,4,7,12-15H2,1H3,(H,25,28)(H,26,29)/t20-,23+/m0/s1. The number of piperidine rings is 1. The number of anilines is 1. The molecule has 2 fully saturated rings. The minimum absolute atomic E-state index is 0.0869. The fourth-order valence-electron chi connectivity index (χ4n) is 4.77. The molecule has 2 aromatic rings. The molecule has 2 aliphatic heterocycles. The van der Waals surface area contributed by atoms with E-state index in [9.17, 15) is 14.0 Å². The van der Waals surface area contributed by atoms with E-state index in [1.54, 1.807) is 6.07 Å². The molecule has 2 aromatic carbocycles. The van der Waals surface area contributed by atoms with Gasteiger partial charge >= 0.3 is 0 Å². The lowest BCUT2D eigenvalue weighted by Gasteiger charge is -2.39. The van der Waals surface area contributed by atoms with Crippen molar-refractivity contribution in [1.29, 1.82) is 0 Å². The zero-order valence-corrected chi connectivity index (χ0v) is 16.6. The third-order valence-corrected chi connectivity index (χ3v) is 6.01. The molecule has 2 saturated heterocycles. The summed E-state index contributed by atoms with van der Waals surface area (Å²) < 4.78 is 14.2. The molecule has 6 heteroatoms. The second kappa shape index (κ2) is 7.95. The molecular weight excluding hydrogens is 369 g/mol. The molecule has 29 heavy (non-hydrogen) atoms. The molecule has 1 spiro atoms. The number of amides is 2. The average molecular weight is 395 g/mol. The van der Waals surface area contributed by atoms with Crippen LogP contribution in [0.4, 0.5) is 10.1 Å². The first-order chi connectivity index (χ1) is 13.9. The molecular formula is C23H26FN3O2. The van der Waals surface area contributed by atoms with Gasteiger partial charge in [0.1, 0.15) is 5.82 Å². The Morgan fingerprint density at radius 1 is 1.24 bits per heavy atom. The number of carbonyl (C=O) groups excluding carboxylic acids is 2. The molecule has 0 aromatic heterocycles. The first-order valence-corrected chi connectivity index (χ1v) is 10.1. The lowest BCUT2D eigenvalue weighted by atomic mass is 9.76. The lowest BCUT2D eigenvalue weighted by molar-refractivity contribution is -0.125. The van der Waals surface area contributed by atoms with Gasteiger partial charge in [-0.25, -0.2) is 4.39 Å². The third kappa shape index (κ3) is 4.17. The van der Waals surface area contributed by atoms with Gasteiger partial charge in [-0.3, -0.25) is 14.5 Å². The maximum atomic E-state index is 14.2. The minimum Gasteiger partial charge on any atom is -0.349 e. The van der Waals surface area contributed by atoms with E-state index in [0.29, 0.717) is 25.1 Å². The van der Waals surface area contributed by atoms with Gasteiger partial charge in [0.15, 0.2) is 0 Å². The second-order valence-corrected chi connectivity index (χ2v) is 8.17. The molecule has 0 saturated carbocycles. The highest BCUT2D eigenvalue weighted by atomic mass is 19.1. The molecule has 0 radical (unpaired) electrons. The van der Waals surface area contributed by atoms with Gasteiger partial charge in [0.25, 0.3) is 0 Å². The molecule has 5 nitrogen and oxygen atoms in total. The van der Waals surface area contributed by atoms with Crippen LogP contribution in [0.5, 0.6) is 0 Å². The Hall–Kier alpha value is -2.73. The van der Waals surface area contributed by atoms with Crippen molar-refractivity contribution in [3.05, 3.63) is 65.5 Å². The van der Waals surface area contributed by atoms with Crippen LogP contribution in [0.2, 0.25) is 0 Å². The molecule has 2 aliphatic rings. The number of hydrogen-bond acceptors (Lipinski definition) is 3. The van der Waals surface area contributed by atoms with E-state index >= 15 is 0 Å². The largest absolute Gasteiger partial charge is 0.349 e. The van der Waals surface area contributed by atoms with Crippen molar-refractivity contribution < 1.29 is 14.0 Å². The SMILES string of the molecule is CC(=O)Nc1ccc([C@@H]2CN(Cc3ccccc3F)C[C@]23CCCC(=O)N3)cc1. The summed E-state index contributed by atoms with van der Waals surface area (Å²) in [5, 5.41) is 6.06. The highest BCUT2D eigenvalue weighted by Crippen LogP contribution is 2.42. The minimum atomic E-state index is -0.337. The Bertz CT molecular complexity index is 915. The van der Waals surface area contributed by atoms with Gasteiger partial charge in [-0.15, -0.1) is 0 Å². The Morgan fingerprint density at radius 2 is 2.00 bits per heavy atom. The summed E-state index contributed by atoms with van der Waals surface area (Å²) in [5.74, 6) is -0.100. The number of nitrogens with zero attached hydrogens (tertiary/aromatic N) is 1. The van der Waals surface area contributed by atoms with Crippen LogP contribution < -0.4 is 10.6 Å². The summed E-state index contributed by atoms with van der Waals surface area (Å²) in [6.07, 6.45) is 2.33. The van der Waals surface area contributed by atoms with Crippen molar-refractivity contribution in [2.45, 2.75) is 44.2 Å². The van der Waals surface area contributed by atoms with E-state index in [1.807, 2.05) is 36.4 Å². The van der Waals surface area contributed by atoms with E-state index in [1.165, 1.54) is 13.0 Å². The normalized spacial score (nSPS) is 24.5. The lowest BCUT2D eigenvalue weighted by Crippen LogP contribution is -2.56. The van der Waals surface area contributed by atoms with Crippen LogP contribution >= 0.6 is 0 Å². The smallest absolute Gasteiger partial charge is 0.221 e. The van der Waals surface area contributed by atoms with Crippen molar-refractivity contribution in [2.75, 3.05) is 18.4 Å². The number of benzene rings is 2. The van der Waals surface area contributed by atoms with E-state index in [2.05, 4.69) is 15.5 Å². The molecule has 2 amide bonds. The van der Waals surface area contributed by atoms with Gasteiger partial charge in [0, 0.05) is 50.1 Å². The van der Waals surface area contributed by atoms with Crippen LogP contribution in [-0.4, -0.2) is 35.3 Å². The summed E-state index contributed by atoms with van der Waals surface area (Å²) in [7, 11) is 0. The number of carbonyl (C=O) groups is 2. The van der Waals surface area contributed by atoms with Crippen LogP contribution in [0.15, 0.2) is 48.5 Å². The molecule has 4 rings (SSSR count). The predicted octanol–water partition coefficient (Wildman–Crippen LogP) is 3.42. The first kappa shape index (κ1) is 19.6. The molecule has 0 bridgehead atoms. The van der Waals surface area contributed by atoms with Gasteiger partial charge in [-0.1, -0.05) is 30.3 Å². The van der Waals surface area contributed by atoms with Crippen LogP contribution in [0.1, 0.15) is 43.2 Å². The Labute approximate surface area is 170 Å². The second-order valence-electron chi connectivity index (χ2n) is 8.17.